The van der Waals surface area contributed by atoms with Gasteiger partial charge in [0.05, 0.1) is 5.52 Å². The number of hydrogen-bond acceptors (Lipinski definition) is 5. The van der Waals surface area contributed by atoms with Crippen LogP contribution in [-0.4, -0.2) is 54.1 Å². The maximum Gasteiger partial charge on any atom is 0.223 e. The molecule has 20 heavy (non-hydrogen) atoms. The third-order valence-corrected chi connectivity index (χ3v) is 3.63. The van der Waals surface area contributed by atoms with E-state index in [9.17, 15) is 0 Å². The van der Waals surface area contributed by atoms with Crippen LogP contribution in [0.5, 0.6) is 0 Å². The van der Waals surface area contributed by atoms with Gasteiger partial charge in [-0.05, 0) is 19.0 Å². The van der Waals surface area contributed by atoms with Crippen molar-refractivity contribution >= 4 is 16.9 Å². The molecule has 0 amide bonds. The molecule has 1 fully saturated rings. The minimum atomic E-state index is 0.726. The number of nitrogens with zero attached hydrogens (tertiary/aromatic N) is 3. The Labute approximate surface area is 119 Å². The molecule has 0 aliphatic carbocycles. The zero-order valence-corrected chi connectivity index (χ0v) is 11.7. The number of hydrogen-bond donors (Lipinski definition) is 2. The molecule has 106 valence electrons. The molecule has 0 bridgehead atoms. The van der Waals surface area contributed by atoms with Gasteiger partial charge in [0.1, 0.15) is 0 Å². The number of nitrogens with one attached hydrogen (secondary N) is 2. The first-order valence-electron chi connectivity index (χ1n) is 7.30. The van der Waals surface area contributed by atoms with E-state index in [0.717, 1.165) is 62.5 Å². The molecule has 1 aliphatic rings. The third-order valence-electron chi connectivity index (χ3n) is 3.63. The Bertz CT molecular complexity index is 551. The minimum Gasteiger partial charge on any atom is -0.354 e. The summed E-state index contributed by atoms with van der Waals surface area (Å²) in [6.45, 7) is 6.60. The molecule has 0 atom stereocenters. The van der Waals surface area contributed by atoms with Crippen LogP contribution < -0.4 is 10.6 Å². The Balaban J connectivity index is 1.47. The van der Waals surface area contributed by atoms with Gasteiger partial charge in [0.15, 0.2) is 0 Å². The second-order valence-electron chi connectivity index (χ2n) is 5.12. The number of para-hydroxylation sites is 1. The summed E-state index contributed by atoms with van der Waals surface area (Å²) in [6, 6.07) is 8.06. The van der Waals surface area contributed by atoms with Crippen molar-refractivity contribution in [2.45, 2.75) is 6.42 Å². The first-order chi connectivity index (χ1) is 9.92. The van der Waals surface area contributed by atoms with E-state index in [4.69, 9.17) is 0 Å². The molecular weight excluding hydrogens is 250 g/mol. The second-order valence-corrected chi connectivity index (χ2v) is 5.12. The number of fused-ring (bicyclic) bond motifs is 1. The lowest BCUT2D eigenvalue weighted by molar-refractivity contribution is 0.240. The summed E-state index contributed by atoms with van der Waals surface area (Å²) in [5.74, 6) is 0.726. The smallest absolute Gasteiger partial charge is 0.223 e. The van der Waals surface area contributed by atoms with Crippen LogP contribution in [0.4, 0.5) is 5.95 Å². The van der Waals surface area contributed by atoms with E-state index in [2.05, 4.69) is 25.5 Å². The van der Waals surface area contributed by atoms with E-state index in [-0.39, 0.29) is 0 Å². The number of benzene rings is 1. The predicted octanol–water partition coefficient (Wildman–Crippen LogP) is 1.34. The van der Waals surface area contributed by atoms with E-state index in [0.29, 0.717) is 0 Å². The molecule has 1 aliphatic heterocycles. The van der Waals surface area contributed by atoms with E-state index in [1.165, 1.54) is 0 Å². The van der Waals surface area contributed by atoms with Crippen molar-refractivity contribution in [3.8, 4) is 0 Å². The van der Waals surface area contributed by atoms with E-state index in [1.807, 2.05) is 30.5 Å². The van der Waals surface area contributed by atoms with Crippen molar-refractivity contribution in [1.29, 1.82) is 0 Å². The molecule has 1 saturated heterocycles. The Morgan fingerprint density at radius 2 is 2.05 bits per heavy atom. The Kier molecular flexibility index (Phi) is 4.40. The molecule has 0 saturated carbocycles. The van der Waals surface area contributed by atoms with Crippen LogP contribution >= 0.6 is 0 Å². The molecule has 0 spiro atoms. The Hall–Kier alpha value is -1.72. The lowest BCUT2D eigenvalue weighted by Crippen LogP contribution is -2.44. The SMILES string of the molecule is c1ccc2nc(NCCCN3CCNCC3)ncc2c1. The van der Waals surface area contributed by atoms with Gasteiger partial charge in [-0.2, -0.15) is 0 Å². The highest BCUT2D eigenvalue weighted by atomic mass is 15.2. The van der Waals surface area contributed by atoms with Gasteiger partial charge in [0.2, 0.25) is 5.95 Å². The van der Waals surface area contributed by atoms with Gasteiger partial charge < -0.3 is 15.5 Å². The fourth-order valence-electron chi connectivity index (χ4n) is 2.49. The highest BCUT2D eigenvalue weighted by Gasteiger charge is 2.08. The lowest BCUT2D eigenvalue weighted by Gasteiger charge is -2.27. The topological polar surface area (TPSA) is 53.1 Å². The Morgan fingerprint density at radius 3 is 2.95 bits per heavy atom. The van der Waals surface area contributed by atoms with Crippen molar-refractivity contribution in [2.24, 2.45) is 0 Å². The molecule has 5 nitrogen and oxygen atoms in total. The first kappa shape index (κ1) is 13.3. The van der Waals surface area contributed by atoms with Crippen LogP contribution in [0.2, 0.25) is 0 Å². The average Bonchev–Trinajstić information content (AvgIpc) is 2.52. The number of anilines is 1. The number of rotatable bonds is 5. The normalized spacial score (nSPS) is 16.4. The molecule has 2 aromatic rings. The first-order valence-corrected chi connectivity index (χ1v) is 7.30. The van der Waals surface area contributed by atoms with Crippen LogP contribution in [-0.2, 0) is 0 Å². The maximum absolute atomic E-state index is 4.51. The molecule has 2 N–H and O–H groups in total. The average molecular weight is 271 g/mol. The summed E-state index contributed by atoms with van der Waals surface area (Å²) in [5.41, 5.74) is 0.993. The summed E-state index contributed by atoms with van der Waals surface area (Å²) in [6.07, 6.45) is 3.00. The van der Waals surface area contributed by atoms with E-state index in [1.54, 1.807) is 0 Å². The molecule has 3 rings (SSSR count). The van der Waals surface area contributed by atoms with Crippen molar-refractivity contribution in [3.63, 3.8) is 0 Å². The molecule has 2 heterocycles. The third kappa shape index (κ3) is 3.43. The summed E-state index contributed by atoms with van der Waals surface area (Å²) in [7, 11) is 0. The predicted molar refractivity (Wildman–Crippen MR) is 82.0 cm³/mol. The van der Waals surface area contributed by atoms with Gasteiger partial charge in [-0.1, -0.05) is 18.2 Å². The molecule has 0 radical (unpaired) electrons. The van der Waals surface area contributed by atoms with Crippen molar-refractivity contribution in [2.75, 3.05) is 44.6 Å². The van der Waals surface area contributed by atoms with Crippen molar-refractivity contribution in [1.82, 2.24) is 20.2 Å². The zero-order valence-electron chi connectivity index (χ0n) is 11.7. The van der Waals surface area contributed by atoms with Crippen LogP contribution in [0.1, 0.15) is 6.42 Å². The number of aromatic nitrogens is 2. The Morgan fingerprint density at radius 1 is 1.20 bits per heavy atom. The zero-order chi connectivity index (χ0) is 13.6. The van der Waals surface area contributed by atoms with Crippen molar-refractivity contribution < 1.29 is 0 Å². The maximum atomic E-state index is 4.51. The van der Waals surface area contributed by atoms with Gasteiger partial charge in [0.25, 0.3) is 0 Å². The van der Waals surface area contributed by atoms with Crippen LogP contribution in [0.3, 0.4) is 0 Å². The summed E-state index contributed by atoms with van der Waals surface area (Å²) in [4.78, 5) is 11.4. The lowest BCUT2D eigenvalue weighted by atomic mass is 10.2. The highest BCUT2D eigenvalue weighted by molar-refractivity contribution is 5.78. The molecule has 1 aromatic heterocycles. The fourth-order valence-corrected chi connectivity index (χ4v) is 2.49. The quantitative estimate of drug-likeness (QED) is 0.804. The molecule has 5 heteroatoms. The second kappa shape index (κ2) is 6.63. The minimum absolute atomic E-state index is 0.726. The van der Waals surface area contributed by atoms with E-state index < -0.39 is 0 Å². The number of piperazine rings is 1. The van der Waals surface area contributed by atoms with Crippen LogP contribution in [0.25, 0.3) is 10.9 Å². The van der Waals surface area contributed by atoms with Gasteiger partial charge in [-0.15, -0.1) is 0 Å². The van der Waals surface area contributed by atoms with Gasteiger partial charge in [-0.25, -0.2) is 9.97 Å². The van der Waals surface area contributed by atoms with E-state index >= 15 is 0 Å². The molecular formula is C15H21N5. The molecule has 0 unspecified atom stereocenters. The standard InChI is InChI=1S/C15H21N5/c1-2-5-14-13(4-1)12-18-15(19-14)17-6-3-9-20-10-7-16-8-11-20/h1-2,4-5,12,16H,3,6-11H2,(H,17,18,19). The highest BCUT2D eigenvalue weighted by Crippen LogP contribution is 2.11. The summed E-state index contributed by atoms with van der Waals surface area (Å²) < 4.78 is 0. The van der Waals surface area contributed by atoms with Gasteiger partial charge in [0, 0.05) is 44.3 Å². The summed E-state index contributed by atoms with van der Waals surface area (Å²) >= 11 is 0. The largest absolute Gasteiger partial charge is 0.354 e. The molecule has 1 aromatic carbocycles. The van der Waals surface area contributed by atoms with Crippen LogP contribution in [0, 0.1) is 0 Å². The van der Waals surface area contributed by atoms with Gasteiger partial charge >= 0.3 is 0 Å². The summed E-state index contributed by atoms with van der Waals surface area (Å²) in [5, 5.41) is 7.76. The van der Waals surface area contributed by atoms with Gasteiger partial charge in [-0.3, -0.25) is 0 Å². The monoisotopic (exact) mass is 271 g/mol. The van der Waals surface area contributed by atoms with Crippen molar-refractivity contribution in [3.05, 3.63) is 30.5 Å². The van der Waals surface area contributed by atoms with Crippen LogP contribution in [0.15, 0.2) is 30.5 Å². The fraction of sp³-hybridized carbons (Fsp3) is 0.467.